The summed E-state index contributed by atoms with van der Waals surface area (Å²) in [5, 5.41) is 23.4. The summed E-state index contributed by atoms with van der Waals surface area (Å²) in [6.45, 7) is 17.7. The third-order valence-corrected chi connectivity index (χ3v) is 9.82. The van der Waals surface area contributed by atoms with Crippen LogP contribution in [0.2, 0.25) is 0 Å². The number of non-ortho nitro benzene ring substituents is 2. The number of nitro benzene ring substituents is 2. The van der Waals surface area contributed by atoms with Crippen molar-refractivity contribution in [3.8, 4) is 0 Å². The summed E-state index contributed by atoms with van der Waals surface area (Å²) >= 11 is 0. The Labute approximate surface area is 268 Å². The van der Waals surface area contributed by atoms with Gasteiger partial charge in [-0.05, 0) is 49.8 Å². The Bertz CT molecular complexity index is 1950. The Morgan fingerprint density at radius 1 is 0.848 bits per heavy atom. The van der Waals surface area contributed by atoms with Gasteiger partial charge in [0, 0.05) is 66.0 Å². The number of nitro groups is 2. The van der Waals surface area contributed by atoms with Crippen molar-refractivity contribution in [1.29, 1.82) is 0 Å². The standard InChI is InChI=1S/C36H43N4O6/c1-21(2)13-15-37-29-11-9-23(39(43)44)17-27(29)35(5,6)31(37)19-25-33(41)26(34(25)42)20-32-36(7,8)28-18-24(40(45)46)10-12-30(28)38(32)16-14-22(3)4/h9-12,17-22,31H,13-16H2,1-8H3/q+1. The number of anilines is 1. The van der Waals surface area contributed by atoms with E-state index in [1.807, 2.05) is 27.7 Å². The van der Waals surface area contributed by atoms with E-state index in [0.29, 0.717) is 24.9 Å². The SMILES string of the molecule is CC(C)CCN1c2ccc([N+](=O)[O-])cc2C(C)(C)C1C=c1c(=O)c(=CC2=[N+](CCC(C)C)c3ccc([N+](=O)[O-])cc3C2(C)C)c1=O. The topological polar surface area (TPSA) is 127 Å². The zero-order valence-electron chi connectivity index (χ0n) is 27.9. The predicted molar refractivity (Wildman–Crippen MR) is 182 cm³/mol. The monoisotopic (exact) mass is 627 g/mol. The number of nitrogens with zero attached hydrogens (tertiary/aromatic N) is 4. The molecule has 2 aliphatic heterocycles. The first-order valence-corrected chi connectivity index (χ1v) is 16.0. The van der Waals surface area contributed by atoms with Crippen molar-refractivity contribution in [2.45, 2.75) is 85.1 Å². The highest BCUT2D eigenvalue weighted by molar-refractivity contribution is 6.15. The highest BCUT2D eigenvalue weighted by Gasteiger charge is 2.46. The summed E-state index contributed by atoms with van der Waals surface area (Å²) in [4.78, 5) is 52.1. The molecule has 242 valence electrons. The van der Waals surface area contributed by atoms with Crippen molar-refractivity contribution >= 4 is 40.6 Å². The Morgan fingerprint density at radius 2 is 1.41 bits per heavy atom. The molecule has 0 amide bonds. The molecule has 3 aromatic carbocycles. The van der Waals surface area contributed by atoms with Gasteiger partial charge in [-0.1, -0.05) is 41.5 Å². The maximum atomic E-state index is 13.8. The van der Waals surface area contributed by atoms with E-state index in [1.165, 1.54) is 12.1 Å². The van der Waals surface area contributed by atoms with E-state index < -0.39 is 20.7 Å². The van der Waals surface area contributed by atoms with Crippen molar-refractivity contribution in [2.75, 3.05) is 18.0 Å². The molecule has 0 fully saturated rings. The fourth-order valence-electron chi connectivity index (χ4n) is 6.93. The second-order valence-electron chi connectivity index (χ2n) is 14.6. The highest BCUT2D eigenvalue weighted by atomic mass is 16.6. The molecular weight excluding hydrogens is 584 g/mol. The van der Waals surface area contributed by atoms with Crippen LogP contribution >= 0.6 is 0 Å². The summed E-state index contributed by atoms with van der Waals surface area (Å²) in [6, 6.07) is 9.38. The molecule has 1 unspecified atom stereocenters. The van der Waals surface area contributed by atoms with Crippen LogP contribution in [0.1, 0.15) is 79.4 Å². The van der Waals surface area contributed by atoms with Crippen molar-refractivity contribution in [1.82, 2.24) is 0 Å². The summed E-state index contributed by atoms with van der Waals surface area (Å²) < 4.78 is 2.09. The van der Waals surface area contributed by atoms with E-state index in [2.05, 4.69) is 37.2 Å². The van der Waals surface area contributed by atoms with Crippen molar-refractivity contribution in [2.24, 2.45) is 11.8 Å². The fraction of sp³-hybridized carbons (Fsp3) is 0.472. The van der Waals surface area contributed by atoms with Crippen LogP contribution in [-0.2, 0) is 10.8 Å². The molecule has 0 radical (unpaired) electrons. The van der Waals surface area contributed by atoms with Gasteiger partial charge in [0.1, 0.15) is 6.54 Å². The van der Waals surface area contributed by atoms with Crippen LogP contribution in [0.3, 0.4) is 0 Å². The Balaban J connectivity index is 1.63. The largest absolute Gasteiger partial charge is 0.364 e. The second-order valence-corrected chi connectivity index (χ2v) is 14.6. The molecule has 0 aliphatic carbocycles. The normalized spacial score (nSPS) is 18.0. The lowest BCUT2D eigenvalue weighted by Gasteiger charge is -2.33. The van der Waals surface area contributed by atoms with Gasteiger partial charge in [-0.2, -0.15) is 4.58 Å². The molecule has 2 aliphatic rings. The van der Waals surface area contributed by atoms with Crippen molar-refractivity contribution < 1.29 is 14.4 Å². The molecule has 0 saturated heterocycles. The van der Waals surface area contributed by atoms with Crippen LogP contribution in [-0.4, -0.2) is 39.3 Å². The quantitative estimate of drug-likeness (QED) is 0.176. The zero-order chi connectivity index (χ0) is 33.9. The van der Waals surface area contributed by atoms with E-state index in [9.17, 15) is 29.8 Å². The van der Waals surface area contributed by atoms with E-state index in [-0.39, 0.29) is 38.7 Å². The molecule has 0 bridgehead atoms. The van der Waals surface area contributed by atoms with Gasteiger partial charge in [-0.3, -0.25) is 29.8 Å². The third kappa shape index (κ3) is 5.48. The number of fused-ring (bicyclic) bond motifs is 2. The number of benzene rings is 2. The van der Waals surface area contributed by atoms with Crippen LogP contribution in [0, 0.1) is 32.1 Å². The molecular formula is C36H43N4O6+. The smallest absolute Gasteiger partial charge is 0.270 e. The van der Waals surface area contributed by atoms with Crippen LogP contribution in [0.15, 0.2) is 46.0 Å². The van der Waals surface area contributed by atoms with E-state index in [0.717, 1.165) is 41.1 Å². The molecule has 2 heterocycles. The predicted octanol–water partition coefficient (Wildman–Crippen LogP) is 5.00. The lowest BCUT2D eigenvalue weighted by Crippen LogP contribution is -2.66. The van der Waals surface area contributed by atoms with Gasteiger partial charge >= 0.3 is 0 Å². The van der Waals surface area contributed by atoms with Crippen LogP contribution < -0.4 is 26.2 Å². The molecule has 10 heteroatoms. The average molecular weight is 628 g/mol. The van der Waals surface area contributed by atoms with Crippen LogP contribution in [0.25, 0.3) is 12.2 Å². The molecule has 0 aromatic heterocycles. The summed E-state index contributed by atoms with van der Waals surface area (Å²) in [5.74, 6) is 0.815. The first-order chi connectivity index (χ1) is 21.5. The fourth-order valence-corrected chi connectivity index (χ4v) is 6.93. The first-order valence-electron chi connectivity index (χ1n) is 16.0. The van der Waals surface area contributed by atoms with Crippen molar-refractivity contribution in [3.05, 3.63) is 98.6 Å². The van der Waals surface area contributed by atoms with Crippen molar-refractivity contribution in [3.63, 3.8) is 0 Å². The minimum absolute atomic E-state index is 0.00178. The average Bonchev–Trinajstić information content (AvgIpc) is 3.33. The third-order valence-electron chi connectivity index (χ3n) is 9.82. The van der Waals surface area contributed by atoms with E-state index in [1.54, 1.807) is 36.4 Å². The number of hydrogen-bond acceptors (Lipinski definition) is 7. The van der Waals surface area contributed by atoms with Crippen LogP contribution in [0.4, 0.5) is 22.7 Å². The Kier molecular flexibility index (Phi) is 8.38. The lowest BCUT2D eigenvalue weighted by atomic mass is 9.79. The minimum atomic E-state index is -0.678. The van der Waals surface area contributed by atoms with Gasteiger partial charge in [0.2, 0.25) is 16.5 Å². The number of rotatable bonds is 10. The maximum absolute atomic E-state index is 13.8. The summed E-state index contributed by atoms with van der Waals surface area (Å²) in [5.41, 5.74) is 2.15. The van der Waals surface area contributed by atoms with Gasteiger partial charge in [0.05, 0.1) is 31.7 Å². The molecule has 5 rings (SSSR count). The molecule has 0 saturated carbocycles. The molecule has 0 spiro atoms. The molecule has 3 aromatic rings. The summed E-state index contributed by atoms with van der Waals surface area (Å²) in [7, 11) is 0. The molecule has 1 atom stereocenters. The van der Waals surface area contributed by atoms with Gasteiger partial charge in [0.25, 0.3) is 11.4 Å². The second kappa shape index (κ2) is 11.7. The maximum Gasteiger partial charge on any atom is 0.270 e. The van der Waals surface area contributed by atoms with Gasteiger partial charge in [-0.15, -0.1) is 0 Å². The lowest BCUT2D eigenvalue weighted by molar-refractivity contribution is -0.438. The van der Waals surface area contributed by atoms with Gasteiger partial charge in [-0.25, -0.2) is 0 Å². The van der Waals surface area contributed by atoms with E-state index >= 15 is 0 Å². The van der Waals surface area contributed by atoms with Gasteiger partial charge in [0.15, 0.2) is 5.71 Å². The molecule has 0 N–H and O–H groups in total. The Morgan fingerprint density at radius 3 is 1.98 bits per heavy atom. The Hall–Kier alpha value is -4.47. The van der Waals surface area contributed by atoms with Gasteiger partial charge < -0.3 is 4.90 Å². The van der Waals surface area contributed by atoms with E-state index in [4.69, 9.17) is 0 Å². The number of hydrogen-bond donors (Lipinski definition) is 0. The molecule has 46 heavy (non-hydrogen) atoms. The zero-order valence-corrected chi connectivity index (χ0v) is 27.9. The van der Waals surface area contributed by atoms with Crippen LogP contribution in [0.5, 0.6) is 0 Å². The summed E-state index contributed by atoms with van der Waals surface area (Å²) in [6.07, 6.45) is 5.17. The first kappa shape index (κ1) is 32.9. The minimum Gasteiger partial charge on any atom is -0.364 e. The highest BCUT2D eigenvalue weighted by Crippen LogP contribution is 2.47. The molecule has 10 nitrogen and oxygen atoms in total.